The minimum atomic E-state index is 0.227. The summed E-state index contributed by atoms with van der Waals surface area (Å²) in [7, 11) is 0. The molecule has 1 N–H and O–H groups in total. The number of hydrogen-bond donors (Lipinski definition) is 1. The SMILES string of the molecule is Oc1cccc(N(c2ccccc2)c2cccc(Oc3ccccc3)c2)c1. The summed E-state index contributed by atoms with van der Waals surface area (Å²) in [6.45, 7) is 0. The number of hydrogen-bond acceptors (Lipinski definition) is 3. The van der Waals surface area contributed by atoms with Gasteiger partial charge in [0.1, 0.15) is 17.2 Å². The lowest BCUT2D eigenvalue weighted by Gasteiger charge is -2.25. The molecule has 0 saturated carbocycles. The number of benzene rings is 4. The van der Waals surface area contributed by atoms with Gasteiger partial charge in [-0.15, -0.1) is 0 Å². The summed E-state index contributed by atoms with van der Waals surface area (Å²) in [5.41, 5.74) is 2.82. The minimum absolute atomic E-state index is 0.227. The zero-order chi connectivity index (χ0) is 18.5. The van der Waals surface area contributed by atoms with E-state index in [1.165, 1.54) is 0 Å². The number of phenols is 1. The van der Waals surface area contributed by atoms with Gasteiger partial charge in [0.05, 0.1) is 0 Å². The number of para-hydroxylation sites is 2. The first kappa shape index (κ1) is 16.7. The minimum Gasteiger partial charge on any atom is -0.508 e. The zero-order valence-corrected chi connectivity index (χ0v) is 14.7. The third kappa shape index (κ3) is 3.93. The second-order valence-corrected chi connectivity index (χ2v) is 6.10. The fraction of sp³-hybridized carbons (Fsp3) is 0. The van der Waals surface area contributed by atoms with E-state index in [2.05, 4.69) is 4.90 Å². The van der Waals surface area contributed by atoms with Gasteiger partial charge in [-0.3, -0.25) is 0 Å². The van der Waals surface area contributed by atoms with Crippen LogP contribution < -0.4 is 9.64 Å². The molecule has 4 aromatic rings. The molecule has 0 spiro atoms. The maximum absolute atomic E-state index is 9.95. The molecule has 0 amide bonds. The Hall–Kier alpha value is -3.72. The molecule has 0 radical (unpaired) electrons. The highest BCUT2D eigenvalue weighted by Crippen LogP contribution is 2.37. The molecule has 4 rings (SSSR count). The molecule has 0 fully saturated rings. The van der Waals surface area contributed by atoms with E-state index in [4.69, 9.17) is 4.74 Å². The molecule has 0 aliphatic heterocycles. The Kier molecular flexibility index (Phi) is 4.75. The highest BCUT2D eigenvalue weighted by atomic mass is 16.5. The van der Waals surface area contributed by atoms with E-state index in [9.17, 15) is 5.11 Å². The van der Waals surface area contributed by atoms with Crippen LogP contribution in [0.3, 0.4) is 0 Å². The van der Waals surface area contributed by atoms with Crippen molar-refractivity contribution in [2.75, 3.05) is 4.90 Å². The van der Waals surface area contributed by atoms with Crippen molar-refractivity contribution in [3.63, 3.8) is 0 Å². The smallest absolute Gasteiger partial charge is 0.129 e. The molecule has 132 valence electrons. The second kappa shape index (κ2) is 7.67. The van der Waals surface area contributed by atoms with E-state index < -0.39 is 0 Å². The summed E-state index contributed by atoms with van der Waals surface area (Å²) in [4.78, 5) is 2.08. The monoisotopic (exact) mass is 353 g/mol. The molecule has 0 unspecified atom stereocenters. The van der Waals surface area contributed by atoms with Gasteiger partial charge in [-0.2, -0.15) is 0 Å². The number of phenolic OH excluding ortho intramolecular Hbond substituents is 1. The highest BCUT2D eigenvalue weighted by molar-refractivity contribution is 5.77. The van der Waals surface area contributed by atoms with Crippen molar-refractivity contribution in [3.8, 4) is 17.2 Å². The van der Waals surface area contributed by atoms with Gasteiger partial charge in [-0.1, -0.05) is 48.5 Å². The average Bonchev–Trinajstić information content (AvgIpc) is 2.70. The van der Waals surface area contributed by atoms with Crippen molar-refractivity contribution >= 4 is 17.1 Å². The number of ether oxygens (including phenoxy) is 1. The first-order valence-corrected chi connectivity index (χ1v) is 8.77. The quantitative estimate of drug-likeness (QED) is 0.436. The number of nitrogens with zero attached hydrogens (tertiary/aromatic N) is 1. The van der Waals surface area contributed by atoms with Crippen molar-refractivity contribution in [1.29, 1.82) is 0 Å². The fourth-order valence-electron chi connectivity index (χ4n) is 2.97. The predicted octanol–water partition coefficient (Wildman–Crippen LogP) is 6.65. The van der Waals surface area contributed by atoms with Crippen LogP contribution in [0.5, 0.6) is 17.2 Å². The molecule has 0 heterocycles. The maximum Gasteiger partial charge on any atom is 0.129 e. The zero-order valence-electron chi connectivity index (χ0n) is 14.7. The van der Waals surface area contributed by atoms with Crippen LogP contribution in [-0.2, 0) is 0 Å². The molecule has 0 atom stereocenters. The Labute approximate surface area is 158 Å². The van der Waals surface area contributed by atoms with Gasteiger partial charge in [0.2, 0.25) is 0 Å². The van der Waals surface area contributed by atoms with Crippen molar-refractivity contribution < 1.29 is 9.84 Å². The molecule has 0 aromatic heterocycles. The number of aromatic hydroxyl groups is 1. The van der Waals surface area contributed by atoms with E-state index in [-0.39, 0.29) is 5.75 Å². The molecular weight excluding hydrogens is 334 g/mol. The summed E-state index contributed by atoms with van der Waals surface area (Å²) in [5.74, 6) is 1.77. The van der Waals surface area contributed by atoms with Gasteiger partial charge in [0.15, 0.2) is 0 Å². The van der Waals surface area contributed by atoms with Crippen molar-refractivity contribution in [2.24, 2.45) is 0 Å². The average molecular weight is 353 g/mol. The summed E-state index contributed by atoms with van der Waals surface area (Å²) < 4.78 is 5.99. The molecule has 0 saturated heterocycles. The van der Waals surface area contributed by atoms with Crippen molar-refractivity contribution in [3.05, 3.63) is 109 Å². The molecule has 0 aliphatic rings. The fourth-order valence-corrected chi connectivity index (χ4v) is 2.97. The van der Waals surface area contributed by atoms with Crippen molar-refractivity contribution in [2.45, 2.75) is 0 Å². The van der Waals surface area contributed by atoms with Crippen LogP contribution >= 0.6 is 0 Å². The van der Waals surface area contributed by atoms with Gasteiger partial charge in [-0.05, 0) is 48.5 Å². The molecule has 0 bridgehead atoms. The summed E-state index contributed by atoms with van der Waals surface area (Å²) in [5, 5.41) is 9.95. The Balaban J connectivity index is 1.75. The lowest BCUT2D eigenvalue weighted by Crippen LogP contribution is -2.09. The molecule has 3 nitrogen and oxygen atoms in total. The van der Waals surface area contributed by atoms with E-state index >= 15 is 0 Å². The maximum atomic E-state index is 9.95. The standard InChI is InChI=1S/C24H19NO2/c26-22-13-7-11-20(17-22)25(19-9-3-1-4-10-19)21-12-8-16-24(18-21)27-23-14-5-2-6-15-23/h1-18,26H. The van der Waals surface area contributed by atoms with Gasteiger partial charge >= 0.3 is 0 Å². The lowest BCUT2D eigenvalue weighted by atomic mass is 10.2. The Morgan fingerprint density at radius 1 is 0.519 bits per heavy atom. The second-order valence-electron chi connectivity index (χ2n) is 6.10. The van der Waals surface area contributed by atoms with Gasteiger partial charge in [0.25, 0.3) is 0 Å². The third-order valence-electron chi connectivity index (χ3n) is 4.16. The molecule has 4 aromatic carbocycles. The van der Waals surface area contributed by atoms with Crippen LogP contribution in [0.25, 0.3) is 0 Å². The van der Waals surface area contributed by atoms with Crippen LogP contribution in [0.2, 0.25) is 0 Å². The van der Waals surface area contributed by atoms with Crippen LogP contribution in [0, 0.1) is 0 Å². The highest BCUT2D eigenvalue weighted by Gasteiger charge is 2.13. The van der Waals surface area contributed by atoms with E-state index in [1.54, 1.807) is 12.1 Å². The Bertz CT molecular complexity index is 1020. The Morgan fingerprint density at radius 2 is 1.07 bits per heavy atom. The summed E-state index contributed by atoms with van der Waals surface area (Å²) >= 11 is 0. The number of anilines is 3. The normalized spacial score (nSPS) is 10.4. The molecular formula is C24H19NO2. The van der Waals surface area contributed by atoms with Gasteiger partial charge < -0.3 is 14.7 Å². The molecule has 0 aliphatic carbocycles. The van der Waals surface area contributed by atoms with E-state index in [1.807, 2.05) is 97.1 Å². The summed E-state index contributed by atoms with van der Waals surface area (Å²) in [6.07, 6.45) is 0. The first-order valence-electron chi connectivity index (χ1n) is 8.77. The van der Waals surface area contributed by atoms with Crippen LogP contribution in [0.15, 0.2) is 109 Å². The van der Waals surface area contributed by atoms with Crippen LogP contribution in [0.4, 0.5) is 17.1 Å². The van der Waals surface area contributed by atoms with E-state index in [0.717, 1.165) is 28.6 Å². The topological polar surface area (TPSA) is 32.7 Å². The largest absolute Gasteiger partial charge is 0.508 e. The van der Waals surface area contributed by atoms with Crippen molar-refractivity contribution in [1.82, 2.24) is 0 Å². The molecule has 27 heavy (non-hydrogen) atoms. The lowest BCUT2D eigenvalue weighted by molar-refractivity contribution is 0.475. The van der Waals surface area contributed by atoms with Gasteiger partial charge in [-0.25, -0.2) is 0 Å². The third-order valence-corrected chi connectivity index (χ3v) is 4.16. The van der Waals surface area contributed by atoms with Gasteiger partial charge in [0, 0.05) is 29.2 Å². The Morgan fingerprint density at radius 3 is 1.78 bits per heavy atom. The van der Waals surface area contributed by atoms with Crippen LogP contribution in [-0.4, -0.2) is 5.11 Å². The van der Waals surface area contributed by atoms with E-state index in [0.29, 0.717) is 0 Å². The summed E-state index contributed by atoms with van der Waals surface area (Å²) in [6, 6.07) is 34.9. The molecule has 3 heteroatoms. The first-order chi connectivity index (χ1) is 13.3. The van der Waals surface area contributed by atoms with Crippen LogP contribution in [0.1, 0.15) is 0 Å². The number of rotatable bonds is 5. The predicted molar refractivity (Wildman–Crippen MR) is 109 cm³/mol.